The molecule has 1 aromatic heterocycles. The zero-order chi connectivity index (χ0) is 16.3. The van der Waals surface area contributed by atoms with Crippen LogP contribution in [0.25, 0.3) is 0 Å². The summed E-state index contributed by atoms with van der Waals surface area (Å²) >= 11 is 0. The highest BCUT2D eigenvalue weighted by Crippen LogP contribution is 2.12. The van der Waals surface area contributed by atoms with E-state index in [1.807, 2.05) is 25.4 Å². The molecule has 1 saturated heterocycles. The van der Waals surface area contributed by atoms with E-state index in [9.17, 15) is 0 Å². The first-order chi connectivity index (χ1) is 11.3. The molecule has 2 heterocycles. The summed E-state index contributed by atoms with van der Waals surface area (Å²) in [5.41, 5.74) is 0. The number of ether oxygens (including phenoxy) is 1. The van der Waals surface area contributed by atoms with Crippen molar-refractivity contribution in [1.82, 2.24) is 15.2 Å². The molecule has 6 nitrogen and oxygen atoms in total. The standard InChI is InChI=1S/C17H29N5O.HI/c1-18-17(20-10-5-3-7-15-23-2)22-13-11-21(12-14-22)16-8-4-6-9-19-16;/h4,6,8-9H,3,5,7,10-15H2,1-2H3,(H,18,20);1H. The fourth-order valence-corrected chi connectivity index (χ4v) is 2.77. The number of hydrogen-bond acceptors (Lipinski definition) is 4. The van der Waals surface area contributed by atoms with Crippen LogP contribution in [0.15, 0.2) is 29.4 Å². The predicted molar refractivity (Wildman–Crippen MR) is 111 cm³/mol. The van der Waals surface area contributed by atoms with Gasteiger partial charge in [0.25, 0.3) is 0 Å². The first-order valence-electron chi connectivity index (χ1n) is 8.45. The van der Waals surface area contributed by atoms with Crippen LogP contribution in [0.4, 0.5) is 5.82 Å². The van der Waals surface area contributed by atoms with Gasteiger partial charge >= 0.3 is 0 Å². The zero-order valence-corrected chi connectivity index (χ0v) is 17.1. The third-order valence-corrected chi connectivity index (χ3v) is 4.07. The van der Waals surface area contributed by atoms with Crippen LogP contribution in [0.3, 0.4) is 0 Å². The normalized spacial score (nSPS) is 15.2. The van der Waals surface area contributed by atoms with Gasteiger partial charge in [-0.05, 0) is 31.4 Å². The Balaban J connectivity index is 0.00000288. The topological polar surface area (TPSA) is 53.0 Å². The van der Waals surface area contributed by atoms with E-state index in [1.165, 1.54) is 6.42 Å². The van der Waals surface area contributed by atoms with Crippen molar-refractivity contribution in [2.45, 2.75) is 19.3 Å². The maximum atomic E-state index is 5.07. The third kappa shape index (κ3) is 6.80. The van der Waals surface area contributed by atoms with Crippen LogP contribution in [0, 0.1) is 0 Å². The lowest BCUT2D eigenvalue weighted by molar-refractivity contribution is 0.192. The van der Waals surface area contributed by atoms with Gasteiger partial charge < -0.3 is 19.9 Å². The van der Waals surface area contributed by atoms with Crippen LogP contribution < -0.4 is 10.2 Å². The molecule has 0 atom stereocenters. The first-order valence-corrected chi connectivity index (χ1v) is 8.45. The summed E-state index contributed by atoms with van der Waals surface area (Å²) in [7, 11) is 3.61. The van der Waals surface area contributed by atoms with Gasteiger partial charge in [-0.3, -0.25) is 4.99 Å². The SMILES string of the molecule is CN=C(NCCCCCOC)N1CCN(c2ccccn2)CC1.I. The maximum absolute atomic E-state index is 5.07. The van der Waals surface area contributed by atoms with Crippen LogP contribution in [0.1, 0.15) is 19.3 Å². The number of unbranched alkanes of at least 4 members (excludes halogenated alkanes) is 2. The molecule has 2 rings (SSSR count). The third-order valence-electron chi connectivity index (χ3n) is 4.07. The number of guanidine groups is 1. The van der Waals surface area contributed by atoms with Crippen LogP contribution in [0.2, 0.25) is 0 Å². The number of nitrogens with one attached hydrogen (secondary N) is 1. The maximum Gasteiger partial charge on any atom is 0.193 e. The molecule has 0 spiro atoms. The van der Waals surface area contributed by atoms with Crippen molar-refractivity contribution in [2.75, 3.05) is 58.4 Å². The highest BCUT2D eigenvalue weighted by atomic mass is 127. The average molecular weight is 447 g/mol. The Morgan fingerprint density at radius 1 is 1.21 bits per heavy atom. The number of pyridine rings is 1. The number of halogens is 1. The molecule has 0 radical (unpaired) electrons. The number of anilines is 1. The van der Waals surface area contributed by atoms with E-state index < -0.39 is 0 Å². The zero-order valence-electron chi connectivity index (χ0n) is 14.8. The Hall–Kier alpha value is -1.09. The van der Waals surface area contributed by atoms with E-state index in [2.05, 4.69) is 31.2 Å². The second-order valence-electron chi connectivity index (χ2n) is 5.69. The summed E-state index contributed by atoms with van der Waals surface area (Å²) in [6, 6.07) is 6.07. The molecule has 0 saturated carbocycles. The van der Waals surface area contributed by atoms with Gasteiger partial charge in [0, 0.05) is 59.7 Å². The van der Waals surface area contributed by atoms with Crippen molar-refractivity contribution in [3.8, 4) is 0 Å². The van der Waals surface area contributed by atoms with Gasteiger partial charge in [-0.15, -0.1) is 24.0 Å². The van der Waals surface area contributed by atoms with E-state index in [1.54, 1.807) is 7.11 Å². The van der Waals surface area contributed by atoms with E-state index in [0.29, 0.717) is 0 Å². The molecule has 1 N–H and O–H groups in total. The molecule has 24 heavy (non-hydrogen) atoms. The number of piperazine rings is 1. The number of methoxy groups -OCH3 is 1. The van der Waals surface area contributed by atoms with Crippen LogP contribution in [-0.2, 0) is 4.74 Å². The monoisotopic (exact) mass is 447 g/mol. The summed E-state index contributed by atoms with van der Waals surface area (Å²) < 4.78 is 5.07. The Labute approximate surface area is 162 Å². The van der Waals surface area contributed by atoms with E-state index in [0.717, 1.165) is 63.9 Å². The van der Waals surface area contributed by atoms with Gasteiger partial charge in [-0.1, -0.05) is 6.07 Å². The fourth-order valence-electron chi connectivity index (χ4n) is 2.77. The Morgan fingerprint density at radius 2 is 2.00 bits per heavy atom. The lowest BCUT2D eigenvalue weighted by Gasteiger charge is -2.37. The molecule has 1 aliphatic heterocycles. The molecule has 0 aromatic carbocycles. The minimum absolute atomic E-state index is 0. The number of nitrogens with zero attached hydrogens (tertiary/aromatic N) is 4. The lowest BCUT2D eigenvalue weighted by atomic mass is 10.2. The Bertz CT molecular complexity index is 463. The summed E-state index contributed by atoms with van der Waals surface area (Å²) in [5.74, 6) is 2.07. The van der Waals surface area contributed by atoms with Crippen molar-refractivity contribution in [3.05, 3.63) is 24.4 Å². The Kier molecular flexibility index (Phi) is 10.7. The smallest absolute Gasteiger partial charge is 0.193 e. The molecule has 136 valence electrons. The molecule has 1 fully saturated rings. The molecule has 0 amide bonds. The number of aromatic nitrogens is 1. The van der Waals surface area contributed by atoms with Gasteiger partial charge in [0.1, 0.15) is 5.82 Å². The van der Waals surface area contributed by atoms with Crippen LogP contribution in [0.5, 0.6) is 0 Å². The van der Waals surface area contributed by atoms with Crippen LogP contribution in [-0.4, -0.2) is 69.3 Å². The van der Waals surface area contributed by atoms with Gasteiger partial charge in [0.15, 0.2) is 5.96 Å². The van der Waals surface area contributed by atoms with Crippen molar-refractivity contribution < 1.29 is 4.74 Å². The molecule has 0 aliphatic carbocycles. The van der Waals surface area contributed by atoms with Crippen LogP contribution >= 0.6 is 24.0 Å². The minimum atomic E-state index is 0. The number of hydrogen-bond donors (Lipinski definition) is 1. The molecular formula is C17H30IN5O. The second kappa shape index (κ2) is 12.3. The Morgan fingerprint density at radius 3 is 2.62 bits per heavy atom. The number of rotatable bonds is 7. The average Bonchev–Trinajstić information content (AvgIpc) is 2.62. The number of aliphatic imine (C=N–C) groups is 1. The van der Waals surface area contributed by atoms with Crippen molar-refractivity contribution in [3.63, 3.8) is 0 Å². The van der Waals surface area contributed by atoms with Crippen molar-refractivity contribution >= 4 is 35.8 Å². The van der Waals surface area contributed by atoms with Crippen molar-refractivity contribution in [2.24, 2.45) is 4.99 Å². The lowest BCUT2D eigenvalue weighted by Crippen LogP contribution is -2.52. The summed E-state index contributed by atoms with van der Waals surface area (Å²) in [5, 5.41) is 3.47. The summed E-state index contributed by atoms with van der Waals surface area (Å²) in [6.07, 6.45) is 5.31. The molecular weight excluding hydrogens is 417 g/mol. The highest BCUT2D eigenvalue weighted by Gasteiger charge is 2.19. The first kappa shape index (κ1) is 21.0. The highest BCUT2D eigenvalue weighted by molar-refractivity contribution is 14.0. The molecule has 0 unspecified atom stereocenters. The molecule has 0 bridgehead atoms. The van der Waals surface area contributed by atoms with Gasteiger partial charge in [-0.25, -0.2) is 4.98 Å². The predicted octanol–water partition coefficient (Wildman–Crippen LogP) is 2.21. The fraction of sp³-hybridized carbons (Fsp3) is 0.647. The van der Waals surface area contributed by atoms with E-state index in [-0.39, 0.29) is 24.0 Å². The quantitative estimate of drug-likeness (QED) is 0.301. The summed E-state index contributed by atoms with van der Waals surface area (Å²) in [6.45, 7) is 5.72. The van der Waals surface area contributed by atoms with Gasteiger partial charge in [-0.2, -0.15) is 0 Å². The van der Waals surface area contributed by atoms with E-state index >= 15 is 0 Å². The van der Waals surface area contributed by atoms with Gasteiger partial charge in [0.2, 0.25) is 0 Å². The second-order valence-corrected chi connectivity index (χ2v) is 5.69. The molecule has 7 heteroatoms. The summed E-state index contributed by atoms with van der Waals surface area (Å²) in [4.78, 5) is 13.5. The van der Waals surface area contributed by atoms with Gasteiger partial charge in [0.05, 0.1) is 0 Å². The van der Waals surface area contributed by atoms with E-state index in [4.69, 9.17) is 4.74 Å². The largest absolute Gasteiger partial charge is 0.385 e. The minimum Gasteiger partial charge on any atom is -0.385 e. The van der Waals surface area contributed by atoms with Crippen molar-refractivity contribution in [1.29, 1.82) is 0 Å². The molecule has 1 aromatic rings. The molecule has 1 aliphatic rings.